The van der Waals surface area contributed by atoms with Crippen molar-refractivity contribution in [2.24, 2.45) is 5.41 Å². The van der Waals surface area contributed by atoms with E-state index in [0.717, 1.165) is 36.9 Å². The lowest BCUT2D eigenvalue weighted by molar-refractivity contribution is -0.0714. The molecule has 1 aliphatic heterocycles. The van der Waals surface area contributed by atoms with Gasteiger partial charge in [-0.05, 0) is 38.2 Å². The predicted octanol–water partition coefficient (Wildman–Crippen LogP) is 1.83. The van der Waals surface area contributed by atoms with E-state index < -0.39 is 11.5 Å². The van der Waals surface area contributed by atoms with Crippen LogP contribution in [-0.4, -0.2) is 57.6 Å². The molecule has 6 heteroatoms. The molecular weight excluding hydrogens is 320 g/mol. The molecule has 0 bridgehead atoms. The van der Waals surface area contributed by atoms with Gasteiger partial charge in [0.2, 0.25) is 0 Å². The summed E-state index contributed by atoms with van der Waals surface area (Å²) in [5, 5.41) is 20.3. The standard InChI is InChI=1S/C19H28N2O4/c1-3-7-19(11-22)8-9-21(10-15(19)24)18(25)17-12(2)16-13(20-17)5-4-6-14(16)23/h15,20,22,24H,3-11H2,1-2H3/t15-,19-/m1/s1. The van der Waals surface area contributed by atoms with Crippen LogP contribution in [0.1, 0.15) is 71.1 Å². The Morgan fingerprint density at radius 3 is 2.76 bits per heavy atom. The van der Waals surface area contributed by atoms with E-state index in [2.05, 4.69) is 4.98 Å². The second-order valence-electron chi connectivity index (χ2n) is 7.54. The lowest BCUT2D eigenvalue weighted by Crippen LogP contribution is -2.54. The minimum absolute atomic E-state index is 0.0611. The van der Waals surface area contributed by atoms with Crippen molar-refractivity contribution in [1.82, 2.24) is 9.88 Å². The number of aromatic nitrogens is 1. The van der Waals surface area contributed by atoms with Gasteiger partial charge in [-0.15, -0.1) is 0 Å². The summed E-state index contributed by atoms with van der Waals surface area (Å²) in [4.78, 5) is 29.9. The molecular formula is C19H28N2O4. The Morgan fingerprint density at radius 1 is 1.40 bits per heavy atom. The number of rotatable bonds is 4. The number of carbonyl (C=O) groups excluding carboxylic acids is 2. The molecule has 0 radical (unpaired) electrons. The fourth-order valence-corrected chi connectivity index (χ4v) is 4.40. The molecule has 2 heterocycles. The molecule has 1 aromatic rings. The van der Waals surface area contributed by atoms with Crippen LogP contribution in [0.2, 0.25) is 0 Å². The van der Waals surface area contributed by atoms with Crippen LogP contribution < -0.4 is 0 Å². The zero-order valence-electron chi connectivity index (χ0n) is 15.1. The van der Waals surface area contributed by atoms with Crippen LogP contribution in [-0.2, 0) is 6.42 Å². The van der Waals surface area contributed by atoms with Gasteiger partial charge in [0.25, 0.3) is 5.91 Å². The average molecular weight is 348 g/mol. The number of aromatic amines is 1. The predicted molar refractivity (Wildman–Crippen MR) is 93.8 cm³/mol. The molecule has 3 rings (SSSR count). The van der Waals surface area contributed by atoms with Crippen molar-refractivity contribution in [1.29, 1.82) is 0 Å². The molecule has 1 fully saturated rings. The number of hydrogen-bond acceptors (Lipinski definition) is 4. The van der Waals surface area contributed by atoms with E-state index in [1.807, 2.05) is 13.8 Å². The first-order valence-corrected chi connectivity index (χ1v) is 9.26. The second kappa shape index (κ2) is 6.92. The number of fused-ring (bicyclic) bond motifs is 1. The first-order chi connectivity index (χ1) is 11.9. The number of aliphatic hydroxyl groups excluding tert-OH is 2. The Hall–Kier alpha value is -1.66. The average Bonchev–Trinajstić information content (AvgIpc) is 2.94. The summed E-state index contributed by atoms with van der Waals surface area (Å²) in [5.41, 5.74) is 2.24. The maximum atomic E-state index is 13.0. The molecule has 6 nitrogen and oxygen atoms in total. The Kier molecular flexibility index (Phi) is 5.02. The maximum Gasteiger partial charge on any atom is 0.270 e. The number of amides is 1. The normalized spacial score (nSPS) is 26.6. The fraction of sp³-hybridized carbons (Fsp3) is 0.684. The minimum Gasteiger partial charge on any atom is -0.396 e. The number of aliphatic hydroxyl groups is 2. The summed E-state index contributed by atoms with van der Waals surface area (Å²) in [6, 6.07) is 0. The van der Waals surface area contributed by atoms with Gasteiger partial charge in [-0.25, -0.2) is 0 Å². The molecule has 0 saturated carbocycles. The molecule has 0 aromatic carbocycles. The quantitative estimate of drug-likeness (QED) is 0.774. The largest absolute Gasteiger partial charge is 0.396 e. The van der Waals surface area contributed by atoms with E-state index in [0.29, 0.717) is 30.6 Å². The number of likely N-dealkylation sites (tertiary alicyclic amines) is 1. The number of piperidine rings is 1. The summed E-state index contributed by atoms with van der Waals surface area (Å²) < 4.78 is 0. The Morgan fingerprint density at radius 2 is 2.16 bits per heavy atom. The van der Waals surface area contributed by atoms with E-state index in [1.165, 1.54) is 0 Å². The zero-order chi connectivity index (χ0) is 18.2. The molecule has 2 aliphatic rings. The van der Waals surface area contributed by atoms with Crippen molar-refractivity contribution >= 4 is 11.7 Å². The van der Waals surface area contributed by atoms with Crippen molar-refractivity contribution in [2.75, 3.05) is 19.7 Å². The smallest absolute Gasteiger partial charge is 0.270 e. The lowest BCUT2D eigenvalue weighted by atomic mass is 9.73. The highest BCUT2D eigenvalue weighted by molar-refractivity contribution is 6.04. The van der Waals surface area contributed by atoms with Gasteiger partial charge >= 0.3 is 0 Å². The third-order valence-corrected chi connectivity index (χ3v) is 5.98. The van der Waals surface area contributed by atoms with Gasteiger partial charge in [-0.1, -0.05) is 13.3 Å². The van der Waals surface area contributed by atoms with Crippen LogP contribution in [0.3, 0.4) is 0 Å². The molecule has 3 N–H and O–H groups in total. The van der Waals surface area contributed by atoms with Gasteiger partial charge in [0, 0.05) is 36.2 Å². The number of Topliss-reactive ketones (excluding diaryl/α,β-unsaturated/α-hetero) is 1. The van der Waals surface area contributed by atoms with E-state index in [4.69, 9.17) is 0 Å². The summed E-state index contributed by atoms with van der Waals surface area (Å²) in [6.07, 6.45) is 3.63. The summed E-state index contributed by atoms with van der Waals surface area (Å²) in [6.45, 7) is 4.52. The summed E-state index contributed by atoms with van der Waals surface area (Å²) in [5.74, 6) is -0.0586. The van der Waals surface area contributed by atoms with E-state index in [1.54, 1.807) is 4.90 Å². The zero-order valence-corrected chi connectivity index (χ0v) is 15.1. The van der Waals surface area contributed by atoms with E-state index >= 15 is 0 Å². The highest BCUT2D eigenvalue weighted by Crippen LogP contribution is 2.37. The van der Waals surface area contributed by atoms with Crippen LogP contribution in [0, 0.1) is 12.3 Å². The molecule has 138 valence electrons. The van der Waals surface area contributed by atoms with Crippen molar-refractivity contribution in [3.8, 4) is 0 Å². The lowest BCUT2D eigenvalue weighted by Gasteiger charge is -2.44. The molecule has 0 unspecified atom stereocenters. The number of β-amino-alcohol motifs (C(OH)–C–C–N with tert-alkyl or cyclic N) is 1. The number of aryl methyl sites for hydroxylation is 1. The third-order valence-electron chi connectivity index (χ3n) is 5.98. The van der Waals surface area contributed by atoms with Crippen molar-refractivity contribution in [3.05, 3.63) is 22.5 Å². The van der Waals surface area contributed by atoms with Gasteiger partial charge in [-0.2, -0.15) is 0 Å². The first kappa shape index (κ1) is 18.1. The van der Waals surface area contributed by atoms with Crippen LogP contribution in [0.5, 0.6) is 0 Å². The maximum absolute atomic E-state index is 13.0. The minimum atomic E-state index is -0.735. The summed E-state index contributed by atoms with van der Waals surface area (Å²) in [7, 11) is 0. The number of nitrogens with one attached hydrogen (secondary N) is 1. The third kappa shape index (κ3) is 3.02. The molecule has 0 spiro atoms. The topological polar surface area (TPSA) is 93.6 Å². The van der Waals surface area contributed by atoms with E-state index in [9.17, 15) is 19.8 Å². The van der Waals surface area contributed by atoms with Crippen molar-refractivity contribution in [2.45, 2.75) is 58.5 Å². The van der Waals surface area contributed by atoms with Crippen LogP contribution in [0.15, 0.2) is 0 Å². The van der Waals surface area contributed by atoms with Gasteiger partial charge in [0.1, 0.15) is 5.69 Å². The molecule has 1 aromatic heterocycles. The SMILES string of the molecule is CCC[C@]1(CO)CCN(C(=O)c2[nH]c3c(c2C)C(=O)CCC3)C[C@H]1O. The second-order valence-corrected chi connectivity index (χ2v) is 7.54. The number of hydrogen-bond donors (Lipinski definition) is 3. The van der Waals surface area contributed by atoms with Crippen molar-refractivity contribution in [3.63, 3.8) is 0 Å². The summed E-state index contributed by atoms with van der Waals surface area (Å²) >= 11 is 0. The Labute approximate surface area is 148 Å². The highest BCUT2D eigenvalue weighted by atomic mass is 16.3. The Bertz CT molecular complexity index is 681. The fourth-order valence-electron chi connectivity index (χ4n) is 4.40. The van der Waals surface area contributed by atoms with Gasteiger partial charge < -0.3 is 20.1 Å². The molecule has 1 aliphatic carbocycles. The number of nitrogens with zero attached hydrogens (tertiary/aromatic N) is 1. The van der Waals surface area contributed by atoms with E-state index in [-0.39, 0.29) is 24.8 Å². The van der Waals surface area contributed by atoms with Crippen molar-refractivity contribution < 1.29 is 19.8 Å². The monoisotopic (exact) mass is 348 g/mol. The van der Waals surface area contributed by atoms with Crippen LogP contribution in [0.25, 0.3) is 0 Å². The van der Waals surface area contributed by atoms with Gasteiger partial charge in [0.05, 0.1) is 12.7 Å². The molecule has 2 atom stereocenters. The number of carbonyl (C=O) groups is 2. The Balaban J connectivity index is 1.80. The molecule has 25 heavy (non-hydrogen) atoms. The number of H-pyrrole nitrogens is 1. The van der Waals surface area contributed by atoms with Crippen LogP contribution in [0.4, 0.5) is 0 Å². The molecule has 1 amide bonds. The van der Waals surface area contributed by atoms with Gasteiger partial charge in [-0.3, -0.25) is 9.59 Å². The van der Waals surface area contributed by atoms with Crippen LogP contribution >= 0.6 is 0 Å². The molecule has 1 saturated heterocycles. The van der Waals surface area contributed by atoms with Gasteiger partial charge in [0.15, 0.2) is 5.78 Å². The number of ketones is 1. The first-order valence-electron chi connectivity index (χ1n) is 9.26. The highest BCUT2D eigenvalue weighted by Gasteiger charge is 2.43.